The van der Waals surface area contributed by atoms with Gasteiger partial charge in [-0.05, 0) is 43.4 Å². The number of pyridine rings is 3. The standard InChI is InChI=1S/C24H26N6O4/c1-13-19(33-17-7-8-25-20(10-17)27-14(2)31)11-26-22-21(13)30(4)24(28-22)34-18-9-16(15-5-6-15)12-29(3)23(18)32/h7-12,15,24H,5-6H2,1-4H3,(H,26,28)(H,25,27,31). The second-order valence-electron chi connectivity index (χ2n) is 8.66. The zero-order valence-corrected chi connectivity index (χ0v) is 19.5. The average Bonchev–Trinajstić information content (AvgIpc) is 3.58. The molecule has 5 rings (SSSR count). The molecule has 4 heterocycles. The molecule has 2 N–H and O–H groups in total. The van der Waals surface area contributed by atoms with Gasteiger partial charge >= 0.3 is 0 Å². The van der Waals surface area contributed by atoms with Crippen LogP contribution in [-0.4, -0.2) is 33.8 Å². The molecular weight excluding hydrogens is 436 g/mol. The third kappa shape index (κ3) is 4.14. The maximum atomic E-state index is 12.7. The molecule has 34 heavy (non-hydrogen) atoms. The van der Waals surface area contributed by atoms with Crippen molar-refractivity contribution in [3.8, 4) is 17.2 Å². The van der Waals surface area contributed by atoms with E-state index in [-0.39, 0.29) is 11.5 Å². The third-order valence-electron chi connectivity index (χ3n) is 5.95. The highest BCUT2D eigenvalue weighted by Crippen LogP contribution is 2.42. The topological polar surface area (TPSA) is 111 Å². The van der Waals surface area contributed by atoms with Gasteiger partial charge < -0.3 is 29.6 Å². The molecular formula is C24H26N6O4. The first-order valence-electron chi connectivity index (χ1n) is 11.1. The third-order valence-corrected chi connectivity index (χ3v) is 5.95. The van der Waals surface area contributed by atoms with Crippen LogP contribution in [0.15, 0.2) is 41.6 Å². The first-order valence-corrected chi connectivity index (χ1v) is 11.1. The van der Waals surface area contributed by atoms with Crippen molar-refractivity contribution in [2.75, 3.05) is 22.6 Å². The van der Waals surface area contributed by atoms with E-state index in [0.717, 1.165) is 29.7 Å². The number of rotatable bonds is 6. The molecule has 10 nitrogen and oxygen atoms in total. The van der Waals surface area contributed by atoms with E-state index >= 15 is 0 Å². The van der Waals surface area contributed by atoms with E-state index in [1.807, 2.05) is 31.1 Å². The first-order chi connectivity index (χ1) is 16.3. The summed E-state index contributed by atoms with van der Waals surface area (Å²) in [6.07, 6.45) is 6.76. The number of anilines is 3. The first kappa shape index (κ1) is 21.7. The minimum Gasteiger partial charge on any atom is -0.455 e. The molecule has 2 aliphatic rings. The molecule has 1 aliphatic heterocycles. The number of nitrogens with zero attached hydrogens (tertiary/aromatic N) is 4. The fraction of sp³-hybridized carbons (Fsp3) is 0.333. The predicted octanol–water partition coefficient (Wildman–Crippen LogP) is 3.34. The lowest BCUT2D eigenvalue weighted by Gasteiger charge is -2.23. The van der Waals surface area contributed by atoms with E-state index in [9.17, 15) is 9.59 Å². The summed E-state index contributed by atoms with van der Waals surface area (Å²) < 4.78 is 13.7. The van der Waals surface area contributed by atoms with Crippen LogP contribution in [0.3, 0.4) is 0 Å². The Hall–Kier alpha value is -4.08. The van der Waals surface area contributed by atoms with Gasteiger partial charge in [0.05, 0.1) is 11.9 Å². The Bertz CT molecular complexity index is 1330. The second kappa shape index (κ2) is 8.36. The number of nitrogens with one attached hydrogen (secondary N) is 2. The van der Waals surface area contributed by atoms with Crippen molar-refractivity contribution in [1.82, 2.24) is 14.5 Å². The van der Waals surface area contributed by atoms with E-state index in [4.69, 9.17) is 9.47 Å². The van der Waals surface area contributed by atoms with Crippen molar-refractivity contribution < 1.29 is 14.3 Å². The van der Waals surface area contributed by atoms with Gasteiger partial charge in [0.1, 0.15) is 11.6 Å². The van der Waals surface area contributed by atoms with E-state index in [0.29, 0.717) is 34.8 Å². The number of aromatic nitrogens is 3. The van der Waals surface area contributed by atoms with E-state index in [1.165, 1.54) is 6.92 Å². The molecule has 0 aromatic carbocycles. The Labute approximate surface area is 196 Å². The highest BCUT2D eigenvalue weighted by atomic mass is 16.5. The Morgan fingerprint density at radius 1 is 1.21 bits per heavy atom. The quantitative estimate of drug-likeness (QED) is 0.574. The molecule has 0 spiro atoms. The molecule has 176 valence electrons. The lowest BCUT2D eigenvalue weighted by Crippen LogP contribution is -2.39. The predicted molar refractivity (Wildman–Crippen MR) is 128 cm³/mol. The van der Waals surface area contributed by atoms with Gasteiger partial charge in [-0.3, -0.25) is 9.59 Å². The SMILES string of the molecule is CC(=O)Nc1cc(Oc2cnc3c(c2C)N(C)C(Oc2cc(C4CC4)cn(C)c2=O)N3)ccn1. The minimum absolute atomic E-state index is 0.183. The number of amides is 1. The van der Waals surface area contributed by atoms with Crippen LogP contribution in [0.25, 0.3) is 0 Å². The van der Waals surface area contributed by atoms with Crippen molar-refractivity contribution in [2.24, 2.45) is 7.05 Å². The number of ether oxygens (including phenoxy) is 2. The lowest BCUT2D eigenvalue weighted by atomic mass is 10.2. The monoisotopic (exact) mass is 462 g/mol. The van der Waals surface area contributed by atoms with Gasteiger partial charge in [0, 0.05) is 45.0 Å². The van der Waals surface area contributed by atoms with Crippen LogP contribution in [0.4, 0.5) is 17.3 Å². The minimum atomic E-state index is -0.592. The average molecular weight is 463 g/mol. The summed E-state index contributed by atoms with van der Waals surface area (Å²) in [5, 5.41) is 5.88. The molecule has 1 amide bonds. The molecule has 1 unspecified atom stereocenters. The van der Waals surface area contributed by atoms with E-state index in [2.05, 4.69) is 20.6 Å². The summed E-state index contributed by atoms with van der Waals surface area (Å²) in [6.45, 7) is 3.35. The van der Waals surface area contributed by atoms with Crippen LogP contribution in [0, 0.1) is 6.92 Å². The molecule has 1 aliphatic carbocycles. The maximum absolute atomic E-state index is 12.7. The summed E-state index contributed by atoms with van der Waals surface area (Å²) in [7, 11) is 3.62. The number of carbonyl (C=O) groups is 1. The molecule has 0 saturated heterocycles. The molecule has 10 heteroatoms. The van der Waals surface area contributed by atoms with Crippen molar-refractivity contribution in [2.45, 2.75) is 39.0 Å². The number of fused-ring (bicyclic) bond motifs is 1. The van der Waals surface area contributed by atoms with Crippen LogP contribution >= 0.6 is 0 Å². The number of hydrogen-bond donors (Lipinski definition) is 2. The molecule has 3 aromatic rings. The van der Waals surface area contributed by atoms with Gasteiger partial charge in [-0.1, -0.05) is 0 Å². The van der Waals surface area contributed by atoms with Crippen molar-refractivity contribution in [3.05, 3.63) is 58.3 Å². The van der Waals surface area contributed by atoms with E-state index in [1.54, 1.807) is 36.1 Å². The van der Waals surface area contributed by atoms with E-state index < -0.39 is 6.35 Å². The van der Waals surface area contributed by atoms with Crippen LogP contribution in [-0.2, 0) is 11.8 Å². The Kier molecular flexibility index (Phi) is 5.35. The zero-order valence-electron chi connectivity index (χ0n) is 19.5. The van der Waals surface area contributed by atoms with Gasteiger partial charge in [-0.2, -0.15) is 0 Å². The maximum Gasteiger partial charge on any atom is 0.292 e. The molecule has 0 bridgehead atoms. The number of hydrogen-bond acceptors (Lipinski definition) is 8. The zero-order chi connectivity index (χ0) is 24.0. The fourth-order valence-corrected chi connectivity index (χ4v) is 4.06. The second-order valence-corrected chi connectivity index (χ2v) is 8.66. The Balaban J connectivity index is 1.38. The summed E-state index contributed by atoms with van der Waals surface area (Å²) >= 11 is 0. The van der Waals surface area contributed by atoms with Gasteiger partial charge in [0.25, 0.3) is 11.9 Å². The van der Waals surface area contributed by atoms with Gasteiger partial charge in [0.15, 0.2) is 17.3 Å². The highest BCUT2D eigenvalue weighted by Gasteiger charge is 2.33. The highest BCUT2D eigenvalue weighted by molar-refractivity contribution is 5.87. The summed E-state index contributed by atoms with van der Waals surface area (Å²) in [5.41, 5.74) is 2.60. The molecule has 1 atom stereocenters. The van der Waals surface area contributed by atoms with Crippen LogP contribution in [0.2, 0.25) is 0 Å². The fourth-order valence-electron chi connectivity index (χ4n) is 4.06. The summed E-state index contributed by atoms with van der Waals surface area (Å²) in [5.74, 6) is 2.71. The number of aryl methyl sites for hydroxylation is 1. The van der Waals surface area contributed by atoms with Gasteiger partial charge in [-0.15, -0.1) is 0 Å². The number of carbonyl (C=O) groups excluding carboxylic acids is 1. The largest absolute Gasteiger partial charge is 0.455 e. The van der Waals surface area contributed by atoms with Gasteiger partial charge in [0.2, 0.25) is 5.91 Å². The van der Waals surface area contributed by atoms with Crippen molar-refractivity contribution in [1.29, 1.82) is 0 Å². The summed E-state index contributed by atoms with van der Waals surface area (Å²) in [6, 6.07) is 5.20. The van der Waals surface area contributed by atoms with Crippen LogP contribution in [0.1, 0.15) is 36.8 Å². The van der Waals surface area contributed by atoms with Gasteiger partial charge in [-0.25, -0.2) is 9.97 Å². The lowest BCUT2D eigenvalue weighted by molar-refractivity contribution is -0.114. The molecule has 1 saturated carbocycles. The molecule has 3 aromatic heterocycles. The summed E-state index contributed by atoms with van der Waals surface area (Å²) in [4.78, 5) is 34.5. The normalized spacial score (nSPS) is 16.6. The molecule has 1 fully saturated rings. The Morgan fingerprint density at radius 2 is 2.00 bits per heavy atom. The van der Waals surface area contributed by atoms with Crippen LogP contribution in [0.5, 0.6) is 17.2 Å². The Morgan fingerprint density at radius 3 is 2.74 bits per heavy atom. The smallest absolute Gasteiger partial charge is 0.292 e. The van der Waals surface area contributed by atoms with Crippen LogP contribution < -0.4 is 30.6 Å². The molecule has 0 radical (unpaired) electrons. The van der Waals surface area contributed by atoms with Crippen molar-refractivity contribution in [3.63, 3.8) is 0 Å². The van der Waals surface area contributed by atoms with Crippen molar-refractivity contribution >= 4 is 23.2 Å².